The van der Waals surface area contributed by atoms with Crippen molar-refractivity contribution < 1.29 is 28.7 Å². The molecule has 4 saturated carbocycles. The first-order chi connectivity index (χ1) is 20.8. The molecule has 4 aliphatic rings. The van der Waals surface area contributed by atoms with E-state index < -0.39 is 25.5 Å². The summed E-state index contributed by atoms with van der Waals surface area (Å²) >= 11 is 0. The highest BCUT2D eigenvalue weighted by Gasteiger charge is 2.62. The molecule has 4 N–H and O–H groups in total. The second-order valence-corrected chi connectivity index (χ2v) is 19.0. The van der Waals surface area contributed by atoms with Crippen LogP contribution in [0, 0.1) is 51.4 Å². The molecule has 4 aliphatic carbocycles. The van der Waals surface area contributed by atoms with Crippen molar-refractivity contribution in [3.8, 4) is 0 Å². The van der Waals surface area contributed by atoms with Crippen molar-refractivity contribution in [1.82, 2.24) is 0 Å². The molecule has 44 heavy (non-hydrogen) atoms. The summed E-state index contributed by atoms with van der Waals surface area (Å²) in [5, 5.41) is -2.51. The molecule has 0 saturated heterocycles. The summed E-state index contributed by atoms with van der Waals surface area (Å²) in [6.45, 7) is 8.12. The number of hydrogen-bond acceptors (Lipinski definition) is 2. The van der Waals surface area contributed by atoms with Crippen LogP contribution < -0.4 is 0 Å². The van der Waals surface area contributed by atoms with Gasteiger partial charge in [0.2, 0.25) is 0 Å². The van der Waals surface area contributed by atoms with Gasteiger partial charge in [0.15, 0.2) is 0 Å². The Hall–Kier alpha value is -0.480. The summed E-state index contributed by atoms with van der Waals surface area (Å²) < 4.78 is 28.6. The summed E-state index contributed by atoms with van der Waals surface area (Å²) in [7, 11) is -9.31. The van der Waals surface area contributed by atoms with E-state index in [1.165, 1.54) is 0 Å². The maximum Gasteiger partial charge on any atom is 0.336 e. The quantitative estimate of drug-likeness (QED) is 0.208. The molecule has 6 nitrogen and oxygen atoms in total. The lowest BCUT2D eigenvalue weighted by molar-refractivity contribution is 0.131. The first-order valence-electron chi connectivity index (χ1n) is 18.0. The molecular formula is C36H60O6P2. The maximum absolute atomic E-state index is 14.3. The van der Waals surface area contributed by atoms with Crippen molar-refractivity contribution in [2.75, 3.05) is 0 Å². The molecule has 1 aromatic carbocycles. The molecule has 8 heteroatoms. The lowest BCUT2D eigenvalue weighted by Gasteiger charge is -2.53. The zero-order valence-corrected chi connectivity index (χ0v) is 29.7. The highest BCUT2D eigenvalue weighted by molar-refractivity contribution is 7.53. The van der Waals surface area contributed by atoms with Crippen LogP contribution in [0.1, 0.15) is 162 Å². The fraction of sp³-hybridized carbons (Fsp3) is 0.833. The van der Waals surface area contributed by atoms with Crippen LogP contribution >= 0.6 is 15.2 Å². The third-order valence-electron chi connectivity index (χ3n) is 13.3. The van der Waals surface area contributed by atoms with Crippen molar-refractivity contribution in [3.05, 3.63) is 33.4 Å². The Morgan fingerprint density at radius 2 is 0.591 bits per heavy atom. The monoisotopic (exact) mass is 650 g/mol. The topological polar surface area (TPSA) is 115 Å². The van der Waals surface area contributed by atoms with E-state index in [0.29, 0.717) is 0 Å². The molecule has 4 fully saturated rings. The molecule has 0 aliphatic heterocycles. The van der Waals surface area contributed by atoms with Crippen molar-refractivity contribution in [1.29, 1.82) is 0 Å². The predicted molar refractivity (Wildman–Crippen MR) is 179 cm³/mol. The van der Waals surface area contributed by atoms with Crippen molar-refractivity contribution in [2.24, 2.45) is 23.7 Å². The number of benzene rings is 1. The SMILES string of the molecule is Cc1c(C)c(C(C2CCCCC2)(C2CCCCC2)P(=O)(O)O)c(C)c(C)c1C(C1CCCCC1)(C1CCCCC1)P(=O)(O)O. The molecule has 250 valence electrons. The zero-order chi connectivity index (χ0) is 31.9. The van der Waals surface area contributed by atoms with Gasteiger partial charge >= 0.3 is 15.2 Å². The van der Waals surface area contributed by atoms with Crippen LogP contribution in [0.4, 0.5) is 0 Å². The Kier molecular flexibility index (Phi) is 10.7. The molecule has 0 bridgehead atoms. The normalized spacial score (nSPS) is 23.3. The Balaban J connectivity index is 1.85. The van der Waals surface area contributed by atoms with Crippen molar-refractivity contribution in [3.63, 3.8) is 0 Å². The molecule has 0 atom stereocenters. The minimum Gasteiger partial charge on any atom is -0.324 e. The van der Waals surface area contributed by atoms with Crippen molar-refractivity contribution >= 4 is 15.2 Å². The van der Waals surface area contributed by atoms with E-state index in [4.69, 9.17) is 0 Å². The second-order valence-electron chi connectivity index (χ2n) is 15.3. The molecule has 0 radical (unpaired) electrons. The van der Waals surface area contributed by atoms with Gasteiger partial charge in [-0.15, -0.1) is 0 Å². The van der Waals surface area contributed by atoms with Crippen LogP contribution in [0.15, 0.2) is 0 Å². The minimum atomic E-state index is -4.65. The Morgan fingerprint density at radius 3 is 0.750 bits per heavy atom. The standard InChI is InChI=1S/C36H60O6P2/c1-25-26(2)34(36(44(40,41)42,31-21-13-7-14-22-31)32-23-15-8-16-24-32)28(4)27(3)33(25)35(43(37,38)39,29-17-9-5-10-18-29)30-19-11-6-12-20-30/h29-32H,5-24H2,1-4H3,(H2,37,38,39)(H2,40,41,42). The maximum atomic E-state index is 14.3. The largest absolute Gasteiger partial charge is 0.336 e. The van der Waals surface area contributed by atoms with Gasteiger partial charge < -0.3 is 19.6 Å². The summed E-state index contributed by atoms with van der Waals surface area (Å²) in [5.74, 6) is -0.369. The van der Waals surface area contributed by atoms with Crippen LogP contribution in [-0.2, 0) is 19.4 Å². The summed E-state index contributed by atoms with van der Waals surface area (Å²) in [5.41, 5.74) is 5.18. The van der Waals surface area contributed by atoms with E-state index in [-0.39, 0.29) is 23.7 Å². The molecule has 1 aromatic rings. The Morgan fingerprint density at radius 1 is 0.409 bits per heavy atom. The zero-order valence-electron chi connectivity index (χ0n) is 28.0. The van der Waals surface area contributed by atoms with Gasteiger partial charge in [-0.3, -0.25) is 9.13 Å². The van der Waals surface area contributed by atoms with Crippen LogP contribution in [0.3, 0.4) is 0 Å². The van der Waals surface area contributed by atoms with Crippen LogP contribution in [0.5, 0.6) is 0 Å². The minimum absolute atomic E-state index is 0.0922. The van der Waals surface area contributed by atoms with Crippen LogP contribution in [0.2, 0.25) is 0 Å². The molecule has 0 aromatic heterocycles. The first-order valence-corrected chi connectivity index (χ1v) is 21.3. The van der Waals surface area contributed by atoms with Gasteiger partial charge in [-0.25, -0.2) is 0 Å². The second kappa shape index (κ2) is 13.6. The average Bonchev–Trinajstić information content (AvgIpc) is 3.01. The smallest absolute Gasteiger partial charge is 0.324 e. The summed E-state index contributed by atoms with van der Waals surface area (Å²) in [4.78, 5) is 46.7. The van der Waals surface area contributed by atoms with Crippen LogP contribution in [-0.4, -0.2) is 19.6 Å². The lowest BCUT2D eigenvalue weighted by Crippen LogP contribution is -2.47. The number of hydrogen-bond donors (Lipinski definition) is 4. The van der Waals surface area contributed by atoms with E-state index in [0.717, 1.165) is 162 Å². The third kappa shape index (κ3) is 5.68. The molecular weight excluding hydrogens is 590 g/mol. The van der Waals surface area contributed by atoms with E-state index in [1.54, 1.807) is 0 Å². The average molecular weight is 651 g/mol. The van der Waals surface area contributed by atoms with E-state index in [9.17, 15) is 28.7 Å². The van der Waals surface area contributed by atoms with E-state index >= 15 is 0 Å². The van der Waals surface area contributed by atoms with E-state index in [1.807, 2.05) is 27.7 Å². The van der Waals surface area contributed by atoms with Gasteiger partial charge in [-0.1, -0.05) is 77.0 Å². The predicted octanol–water partition coefficient (Wildman–Crippen LogP) is 9.99. The molecule has 5 rings (SSSR count). The van der Waals surface area contributed by atoms with Gasteiger partial charge in [-0.2, -0.15) is 0 Å². The van der Waals surface area contributed by atoms with Crippen molar-refractivity contribution in [2.45, 2.75) is 166 Å². The van der Waals surface area contributed by atoms with Crippen LogP contribution in [0.25, 0.3) is 0 Å². The summed E-state index contributed by atoms with van der Waals surface area (Å²) in [6.07, 6.45) is 19.1. The Bertz CT molecular complexity index is 1090. The van der Waals surface area contributed by atoms with Gasteiger partial charge in [0.1, 0.15) is 10.3 Å². The van der Waals surface area contributed by atoms with E-state index in [2.05, 4.69) is 0 Å². The van der Waals surface area contributed by atoms with Gasteiger partial charge in [-0.05, 0) is 136 Å². The van der Waals surface area contributed by atoms with Gasteiger partial charge in [0, 0.05) is 0 Å². The molecule has 0 heterocycles. The Labute approximate surface area is 266 Å². The highest BCUT2D eigenvalue weighted by atomic mass is 31.2. The molecule has 0 spiro atoms. The van der Waals surface area contributed by atoms with Gasteiger partial charge in [0.05, 0.1) is 0 Å². The highest BCUT2D eigenvalue weighted by Crippen LogP contribution is 2.73. The van der Waals surface area contributed by atoms with Gasteiger partial charge in [0.25, 0.3) is 0 Å². The fourth-order valence-corrected chi connectivity index (χ4v) is 15.6. The third-order valence-corrected chi connectivity index (χ3v) is 17.1. The first kappa shape index (κ1) is 34.8. The molecule has 0 amide bonds. The number of rotatable bonds is 8. The fourth-order valence-electron chi connectivity index (χ4n) is 11.4. The lowest BCUT2D eigenvalue weighted by atomic mass is 9.61. The summed E-state index contributed by atoms with van der Waals surface area (Å²) in [6, 6.07) is 0. The molecule has 0 unspecified atom stereocenters.